The summed E-state index contributed by atoms with van der Waals surface area (Å²) in [5.74, 6) is 1.80. The number of aromatic nitrogens is 2. The Labute approximate surface area is 81.0 Å². The van der Waals surface area contributed by atoms with Crippen LogP contribution in [0.15, 0.2) is 35.1 Å². The molecule has 0 amide bonds. The summed E-state index contributed by atoms with van der Waals surface area (Å²) < 4.78 is 5.15. The van der Waals surface area contributed by atoms with Crippen molar-refractivity contribution < 1.29 is 4.42 Å². The summed E-state index contributed by atoms with van der Waals surface area (Å²) in [5.41, 5.74) is 5.42. The normalized spacial score (nSPS) is 10.0. The molecule has 0 aliphatic carbocycles. The first-order valence-electron chi connectivity index (χ1n) is 4.19. The van der Waals surface area contributed by atoms with E-state index < -0.39 is 0 Å². The molecule has 0 aliphatic heterocycles. The van der Waals surface area contributed by atoms with Crippen LogP contribution >= 0.6 is 0 Å². The lowest BCUT2D eigenvalue weighted by Crippen LogP contribution is -2.02. The summed E-state index contributed by atoms with van der Waals surface area (Å²) in [6.07, 6.45) is 3.23. The van der Waals surface area contributed by atoms with Crippen LogP contribution in [0.1, 0.15) is 5.76 Å². The van der Waals surface area contributed by atoms with Gasteiger partial charge < -0.3 is 15.5 Å². The van der Waals surface area contributed by atoms with Gasteiger partial charge in [-0.3, -0.25) is 0 Å². The van der Waals surface area contributed by atoms with Crippen molar-refractivity contribution in [1.29, 1.82) is 0 Å². The SMILES string of the molecule is Nc1nccc(NCc2ccco2)n1. The van der Waals surface area contributed by atoms with Gasteiger partial charge in [0.05, 0.1) is 12.8 Å². The van der Waals surface area contributed by atoms with E-state index in [1.54, 1.807) is 18.5 Å². The molecule has 72 valence electrons. The smallest absolute Gasteiger partial charge is 0.221 e. The summed E-state index contributed by atoms with van der Waals surface area (Å²) in [6, 6.07) is 5.47. The van der Waals surface area contributed by atoms with Crippen molar-refractivity contribution in [2.45, 2.75) is 6.54 Å². The minimum Gasteiger partial charge on any atom is -0.467 e. The first-order valence-corrected chi connectivity index (χ1v) is 4.19. The highest BCUT2D eigenvalue weighted by molar-refractivity contribution is 5.37. The van der Waals surface area contributed by atoms with Crippen molar-refractivity contribution in [2.24, 2.45) is 0 Å². The molecule has 0 bridgehead atoms. The molecule has 2 rings (SSSR count). The average Bonchev–Trinajstić information content (AvgIpc) is 2.67. The number of hydrogen-bond acceptors (Lipinski definition) is 5. The van der Waals surface area contributed by atoms with Gasteiger partial charge in [0.15, 0.2) is 0 Å². The minimum atomic E-state index is 0.259. The van der Waals surface area contributed by atoms with Crippen LogP contribution in [-0.2, 0) is 6.54 Å². The lowest BCUT2D eigenvalue weighted by atomic mass is 10.4. The Bertz CT molecular complexity index is 399. The van der Waals surface area contributed by atoms with Gasteiger partial charge >= 0.3 is 0 Å². The summed E-state index contributed by atoms with van der Waals surface area (Å²) in [6.45, 7) is 0.587. The van der Waals surface area contributed by atoms with E-state index in [2.05, 4.69) is 15.3 Å². The van der Waals surface area contributed by atoms with Crippen molar-refractivity contribution in [3.05, 3.63) is 36.4 Å². The fraction of sp³-hybridized carbons (Fsp3) is 0.111. The van der Waals surface area contributed by atoms with E-state index in [4.69, 9.17) is 10.2 Å². The highest BCUT2D eigenvalue weighted by atomic mass is 16.3. The van der Waals surface area contributed by atoms with Crippen LogP contribution in [0.25, 0.3) is 0 Å². The Kier molecular flexibility index (Phi) is 2.31. The molecule has 0 saturated heterocycles. The first-order chi connectivity index (χ1) is 6.84. The molecule has 14 heavy (non-hydrogen) atoms. The van der Waals surface area contributed by atoms with Crippen LogP contribution in [0.5, 0.6) is 0 Å². The standard InChI is InChI=1S/C9H10N4O/c10-9-11-4-3-8(13-9)12-6-7-2-1-5-14-7/h1-5H,6H2,(H3,10,11,12,13). The van der Waals surface area contributed by atoms with Gasteiger partial charge in [0.25, 0.3) is 0 Å². The second-order valence-corrected chi connectivity index (χ2v) is 2.73. The van der Waals surface area contributed by atoms with Gasteiger partial charge in [0, 0.05) is 6.20 Å². The fourth-order valence-corrected chi connectivity index (χ4v) is 1.06. The molecule has 2 aromatic heterocycles. The van der Waals surface area contributed by atoms with Crippen LogP contribution in [-0.4, -0.2) is 9.97 Å². The fourth-order valence-electron chi connectivity index (χ4n) is 1.06. The molecule has 2 aromatic rings. The van der Waals surface area contributed by atoms with E-state index in [1.165, 1.54) is 0 Å². The number of anilines is 2. The molecule has 5 nitrogen and oxygen atoms in total. The van der Waals surface area contributed by atoms with Gasteiger partial charge in [-0.1, -0.05) is 0 Å². The van der Waals surface area contributed by atoms with E-state index in [1.807, 2.05) is 12.1 Å². The van der Waals surface area contributed by atoms with Crippen LogP contribution in [0.4, 0.5) is 11.8 Å². The minimum absolute atomic E-state index is 0.259. The lowest BCUT2D eigenvalue weighted by Gasteiger charge is -2.02. The average molecular weight is 190 g/mol. The summed E-state index contributed by atoms with van der Waals surface area (Å²) in [5, 5.41) is 3.06. The zero-order valence-electron chi connectivity index (χ0n) is 7.47. The number of rotatable bonds is 3. The summed E-state index contributed by atoms with van der Waals surface area (Å²) >= 11 is 0. The number of nitrogen functional groups attached to an aromatic ring is 1. The Hall–Kier alpha value is -2.04. The van der Waals surface area contributed by atoms with E-state index in [0.29, 0.717) is 12.4 Å². The molecule has 0 spiro atoms. The topological polar surface area (TPSA) is 77.0 Å². The van der Waals surface area contributed by atoms with Gasteiger partial charge in [0.1, 0.15) is 11.6 Å². The van der Waals surface area contributed by atoms with Crippen LogP contribution in [0, 0.1) is 0 Å². The predicted molar refractivity (Wildman–Crippen MR) is 52.5 cm³/mol. The van der Waals surface area contributed by atoms with Crippen LogP contribution in [0.3, 0.4) is 0 Å². The Morgan fingerprint density at radius 1 is 1.43 bits per heavy atom. The van der Waals surface area contributed by atoms with Crippen molar-refractivity contribution in [1.82, 2.24) is 9.97 Å². The predicted octanol–water partition coefficient (Wildman–Crippen LogP) is 1.26. The van der Waals surface area contributed by atoms with Gasteiger partial charge in [-0.25, -0.2) is 4.98 Å². The maximum absolute atomic E-state index is 5.42. The molecule has 5 heteroatoms. The number of nitrogens with one attached hydrogen (secondary N) is 1. The third-order valence-electron chi connectivity index (χ3n) is 1.70. The maximum atomic E-state index is 5.42. The van der Waals surface area contributed by atoms with Gasteiger partial charge in [-0.2, -0.15) is 4.98 Å². The molecule has 0 aliphatic rings. The van der Waals surface area contributed by atoms with Crippen molar-refractivity contribution in [2.75, 3.05) is 11.1 Å². The number of nitrogens with zero attached hydrogens (tertiary/aromatic N) is 2. The highest BCUT2D eigenvalue weighted by Crippen LogP contribution is 2.06. The number of hydrogen-bond donors (Lipinski definition) is 2. The van der Waals surface area contributed by atoms with Crippen LogP contribution in [0.2, 0.25) is 0 Å². The van der Waals surface area contributed by atoms with E-state index in [0.717, 1.165) is 5.76 Å². The third kappa shape index (κ3) is 2.01. The second kappa shape index (κ2) is 3.78. The summed E-state index contributed by atoms with van der Waals surface area (Å²) in [4.78, 5) is 7.77. The van der Waals surface area contributed by atoms with Crippen molar-refractivity contribution in [3.63, 3.8) is 0 Å². The second-order valence-electron chi connectivity index (χ2n) is 2.73. The number of furan rings is 1. The zero-order chi connectivity index (χ0) is 9.80. The lowest BCUT2D eigenvalue weighted by molar-refractivity contribution is 0.518. The largest absolute Gasteiger partial charge is 0.467 e. The highest BCUT2D eigenvalue weighted by Gasteiger charge is 1.97. The number of nitrogens with two attached hydrogens (primary N) is 1. The van der Waals surface area contributed by atoms with E-state index in [-0.39, 0.29) is 5.95 Å². The molecule has 0 atom stereocenters. The Balaban J connectivity index is 1.98. The van der Waals surface area contributed by atoms with Crippen molar-refractivity contribution >= 4 is 11.8 Å². The van der Waals surface area contributed by atoms with E-state index in [9.17, 15) is 0 Å². The van der Waals surface area contributed by atoms with Gasteiger partial charge in [0.2, 0.25) is 5.95 Å². The Morgan fingerprint density at radius 3 is 3.07 bits per heavy atom. The summed E-state index contributed by atoms with van der Waals surface area (Å²) in [7, 11) is 0. The molecule has 0 saturated carbocycles. The van der Waals surface area contributed by atoms with Gasteiger partial charge in [-0.05, 0) is 18.2 Å². The third-order valence-corrected chi connectivity index (χ3v) is 1.70. The molecule has 0 radical (unpaired) electrons. The van der Waals surface area contributed by atoms with Gasteiger partial charge in [-0.15, -0.1) is 0 Å². The molecule has 0 aromatic carbocycles. The molecule has 0 unspecified atom stereocenters. The maximum Gasteiger partial charge on any atom is 0.221 e. The Morgan fingerprint density at radius 2 is 2.36 bits per heavy atom. The van der Waals surface area contributed by atoms with Crippen molar-refractivity contribution in [3.8, 4) is 0 Å². The molecule has 3 N–H and O–H groups in total. The zero-order valence-corrected chi connectivity index (χ0v) is 7.47. The first kappa shape index (κ1) is 8.55. The molecular formula is C9H10N4O. The molecule has 2 heterocycles. The van der Waals surface area contributed by atoms with Crippen LogP contribution < -0.4 is 11.1 Å². The molecular weight excluding hydrogens is 180 g/mol. The monoisotopic (exact) mass is 190 g/mol. The van der Waals surface area contributed by atoms with E-state index >= 15 is 0 Å². The quantitative estimate of drug-likeness (QED) is 0.762. The molecule has 0 fully saturated rings.